The summed E-state index contributed by atoms with van der Waals surface area (Å²) in [5, 5.41) is 5.57. The Morgan fingerprint density at radius 1 is 1.18 bits per heavy atom. The number of benzene rings is 1. The van der Waals surface area contributed by atoms with E-state index in [1.807, 2.05) is 0 Å². The molecule has 5 nitrogen and oxygen atoms in total. The molecule has 2 N–H and O–H groups in total. The van der Waals surface area contributed by atoms with Crippen molar-refractivity contribution in [1.82, 2.24) is 9.97 Å². The van der Waals surface area contributed by atoms with Gasteiger partial charge < -0.3 is 15.4 Å². The van der Waals surface area contributed by atoms with Gasteiger partial charge in [0.1, 0.15) is 5.82 Å². The van der Waals surface area contributed by atoms with E-state index in [0.717, 1.165) is 6.07 Å². The summed E-state index contributed by atoms with van der Waals surface area (Å²) in [5.41, 5.74) is -0.861. The molecule has 1 aromatic carbocycles. The van der Waals surface area contributed by atoms with Crippen molar-refractivity contribution in [3.8, 4) is 0 Å². The van der Waals surface area contributed by atoms with Crippen LogP contribution in [0, 0.1) is 0 Å². The van der Waals surface area contributed by atoms with Crippen molar-refractivity contribution in [2.24, 2.45) is 0 Å². The predicted octanol–water partition coefficient (Wildman–Crippen LogP) is 3.30. The molecule has 118 valence electrons. The molecule has 0 aliphatic rings. The van der Waals surface area contributed by atoms with Crippen LogP contribution in [-0.2, 0) is 10.9 Å². The summed E-state index contributed by atoms with van der Waals surface area (Å²) < 4.78 is 43.7. The Balaban J connectivity index is 2.16. The molecule has 1 heterocycles. The van der Waals surface area contributed by atoms with Crippen molar-refractivity contribution in [3.63, 3.8) is 0 Å². The summed E-state index contributed by atoms with van der Waals surface area (Å²) in [6.07, 6.45) is -2.99. The molecule has 0 atom stereocenters. The largest absolute Gasteiger partial charge is 0.418 e. The maximum absolute atomic E-state index is 12.9. The number of alkyl halides is 3. The zero-order valence-electron chi connectivity index (χ0n) is 11.8. The van der Waals surface area contributed by atoms with Gasteiger partial charge in [-0.25, -0.2) is 4.98 Å². The van der Waals surface area contributed by atoms with Gasteiger partial charge in [0.25, 0.3) is 0 Å². The fraction of sp³-hybridized carbons (Fsp3) is 0.286. The first-order valence-electron chi connectivity index (χ1n) is 6.50. The summed E-state index contributed by atoms with van der Waals surface area (Å²) in [5.74, 6) is 0.582. The van der Waals surface area contributed by atoms with Gasteiger partial charge in [-0.2, -0.15) is 18.2 Å². The van der Waals surface area contributed by atoms with Gasteiger partial charge in [0.15, 0.2) is 0 Å². The van der Waals surface area contributed by atoms with Crippen LogP contribution in [0.3, 0.4) is 0 Å². The molecule has 0 bridgehead atoms. The number of para-hydroxylation sites is 1. The number of methoxy groups -OCH3 is 1. The van der Waals surface area contributed by atoms with Gasteiger partial charge in [0.2, 0.25) is 5.95 Å². The minimum atomic E-state index is -4.45. The molecule has 0 amide bonds. The molecule has 2 aromatic rings. The average Bonchev–Trinajstić information content (AvgIpc) is 2.47. The number of anilines is 3. The van der Waals surface area contributed by atoms with Gasteiger partial charge in [-0.05, 0) is 18.2 Å². The number of hydrogen-bond donors (Lipinski definition) is 2. The number of ether oxygens (including phenoxy) is 1. The second-order valence-corrected chi connectivity index (χ2v) is 4.35. The van der Waals surface area contributed by atoms with Crippen molar-refractivity contribution < 1.29 is 17.9 Å². The van der Waals surface area contributed by atoms with E-state index in [2.05, 4.69) is 20.6 Å². The Morgan fingerprint density at radius 3 is 2.68 bits per heavy atom. The monoisotopic (exact) mass is 312 g/mol. The lowest BCUT2D eigenvalue weighted by molar-refractivity contribution is -0.136. The van der Waals surface area contributed by atoms with Crippen LogP contribution in [0.2, 0.25) is 0 Å². The van der Waals surface area contributed by atoms with Crippen LogP contribution in [0.25, 0.3) is 0 Å². The van der Waals surface area contributed by atoms with Gasteiger partial charge in [0.05, 0.1) is 17.9 Å². The normalized spacial score (nSPS) is 11.3. The molecule has 1 aromatic heterocycles. The predicted molar refractivity (Wildman–Crippen MR) is 77.1 cm³/mol. The lowest BCUT2D eigenvalue weighted by Gasteiger charge is -2.13. The quantitative estimate of drug-likeness (QED) is 0.802. The highest BCUT2D eigenvalue weighted by molar-refractivity contribution is 5.60. The topological polar surface area (TPSA) is 59.1 Å². The highest BCUT2D eigenvalue weighted by Gasteiger charge is 2.33. The van der Waals surface area contributed by atoms with Crippen LogP contribution in [0.4, 0.5) is 30.6 Å². The molecule has 0 saturated carbocycles. The van der Waals surface area contributed by atoms with Crippen LogP contribution in [0.1, 0.15) is 5.56 Å². The van der Waals surface area contributed by atoms with Crippen molar-refractivity contribution in [2.45, 2.75) is 6.18 Å². The Morgan fingerprint density at radius 2 is 1.95 bits per heavy atom. The maximum Gasteiger partial charge on any atom is 0.418 e. The third-order valence-electron chi connectivity index (χ3n) is 2.75. The van der Waals surface area contributed by atoms with Crippen molar-refractivity contribution in [1.29, 1.82) is 0 Å². The summed E-state index contributed by atoms with van der Waals surface area (Å²) >= 11 is 0. The fourth-order valence-corrected chi connectivity index (χ4v) is 1.76. The smallest absolute Gasteiger partial charge is 0.383 e. The molecule has 0 aliphatic carbocycles. The minimum Gasteiger partial charge on any atom is -0.383 e. The van der Waals surface area contributed by atoms with E-state index < -0.39 is 11.7 Å². The van der Waals surface area contributed by atoms with E-state index in [1.165, 1.54) is 24.4 Å². The first kappa shape index (κ1) is 16.0. The second kappa shape index (κ2) is 7.08. The summed E-state index contributed by atoms with van der Waals surface area (Å²) in [6, 6.07) is 6.80. The molecule has 0 spiro atoms. The van der Waals surface area contributed by atoms with Gasteiger partial charge in [-0.15, -0.1) is 0 Å². The molecular weight excluding hydrogens is 297 g/mol. The number of nitrogens with zero attached hydrogens (tertiary/aromatic N) is 2. The molecule has 0 saturated heterocycles. The molecule has 8 heteroatoms. The molecule has 0 radical (unpaired) electrons. The Labute approximate surface area is 125 Å². The van der Waals surface area contributed by atoms with Crippen LogP contribution in [-0.4, -0.2) is 30.2 Å². The maximum atomic E-state index is 12.9. The van der Waals surface area contributed by atoms with E-state index >= 15 is 0 Å². The molecule has 0 fully saturated rings. The van der Waals surface area contributed by atoms with Gasteiger partial charge in [-0.1, -0.05) is 12.1 Å². The summed E-state index contributed by atoms with van der Waals surface area (Å²) in [4.78, 5) is 8.03. The highest BCUT2D eigenvalue weighted by Crippen LogP contribution is 2.35. The van der Waals surface area contributed by atoms with Crippen molar-refractivity contribution in [3.05, 3.63) is 42.1 Å². The van der Waals surface area contributed by atoms with Gasteiger partial charge >= 0.3 is 6.18 Å². The Bertz CT molecular complexity index is 619. The number of rotatable bonds is 6. The lowest BCUT2D eigenvalue weighted by atomic mass is 10.1. The second-order valence-electron chi connectivity index (χ2n) is 4.35. The Hall–Kier alpha value is -2.35. The standard InChI is InChI=1S/C14H15F3N4O/c1-22-9-8-18-12-6-7-19-13(21-12)20-11-5-3-2-4-10(11)14(15,16)17/h2-7H,8-9H2,1H3,(H2,18,19,20,21). The van der Waals surface area contributed by atoms with Crippen LogP contribution in [0.15, 0.2) is 36.5 Å². The molecule has 0 aliphatic heterocycles. The average molecular weight is 312 g/mol. The van der Waals surface area contributed by atoms with E-state index in [0.29, 0.717) is 19.0 Å². The first-order valence-corrected chi connectivity index (χ1v) is 6.50. The summed E-state index contributed by atoms with van der Waals surface area (Å²) in [6.45, 7) is 1.02. The summed E-state index contributed by atoms with van der Waals surface area (Å²) in [7, 11) is 1.57. The SMILES string of the molecule is COCCNc1ccnc(Nc2ccccc2C(F)(F)F)n1. The zero-order chi connectivity index (χ0) is 16.0. The number of nitrogens with one attached hydrogen (secondary N) is 2. The van der Waals surface area contributed by atoms with Crippen LogP contribution in [0.5, 0.6) is 0 Å². The van der Waals surface area contributed by atoms with Gasteiger partial charge in [0, 0.05) is 19.9 Å². The van der Waals surface area contributed by atoms with E-state index in [-0.39, 0.29) is 11.6 Å². The minimum absolute atomic E-state index is 0.0825. The number of aromatic nitrogens is 2. The molecule has 2 rings (SSSR count). The third-order valence-corrected chi connectivity index (χ3v) is 2.75. The van der Waals surface area contributed by atoms with E-state index in [4.69, 9.17) is 4.74 Å². The molecular formula is C14H15F3N4O. The highest BCUT2D eigenvalue weighted by atomic mass is 19.4. The number of halogens is 3. The molecule has 0 unspecified atom stereocenters. The van der Waals surface area contributed by atoms with Gasteiger partial charge in [-0.3, -0.25) is 0 Å². The third kappa shape index (κ3) is 4.32. The van der Waals surface area contributed by atoms with Crippen molar-refractivity contribution >= 4 is 17.5 Å². The van der Waals surface area contributed by atoms with Crippen LogP contribution < -0.4 is 10.6 Å². The number of hydrogen-bond acceptors (Lipinski definition) is 5. The fourth-order valence-electron chi connectivity index (χ4n) is 1.76. The Kier molecular flexibility index (Phi) is 5.16. The van der Waals surface area contributed by atoms with E-state index in [1.54, 1.807) is 13.2 Å². The van der Waals surface area contributed by atoms with Crippen molar-refractivity contribution in [2.75, 3.05) is 30.9 Å². The van der Waals surface area contributed by atoms with Crippen LogP contribution >= 0.6 is 0 Å². The lowest BCUT2D eigenvalue weighted by Crippen LogP contribution is -2.11. The molecule has 22 heavy (non-hydrogen) atoms. The first-order chi connectivity index (χ1) is 10.5. The zero-order valence-corrected chi connectivity index (χ0v) is 11.8. The van der Waals surface area contributed by atoms with E-state index in [9.17, 15) is 13.2 Å².